The van der Waals surface area contributed by atoms with E-state index in [-0.39, 0.29) is 17.2 Å². The van der Waals surface area contributed by atoms with Gasteiger partial charge in [0.15, 0.2) is 0 Å². The van der Waals surface area contributed by atoms with Crippen molar-refractivity contribution in [1.82, 2.24) is 4.90 Å². The minimum Gasteiger partial charge on any atom is -0.278 e. The molecular weight excluding hydrogens is 306 g/mol. The molecule has 100 valence electrons. The minimum absolute atomic E-state index is 0.0114. The number of amides is 2. The molecule has 19 heavy (non-hydrogen) atoms. The highest BCUT2D eigenvalue weighted by Gasteiger charge is 2.52. The number of hydrogen-bond acceptors (Lipinski definition) is 2. The maximum atomic E-state index is 12.5. The molecule has 1 aliphatic carbocycles. The molecule has 2 amide bonds. The number of likely N-dealkylation sites (tertiary alicyclic amines) is 1. The molecule has 0 N–H and O–H groups in total. The first-order valence-corrected chi connectivity index (χ1v) is 7.50. The van der Waals surface area contributed by atoms with E-state index < -0.39 is 0 Å². The number of carbonyl (C=O) groups is 2. The van der Waals surface area contributed by atoms with Crippen molar-refractivity contribution < 1.29 is 9.59 Å². The number of nitrogens with zero attached hydrogens (tertiary/aromatic N) is 1. The van der Waals surface area contributed by atoms with Crippen LogP contribution in [0.1, 0.15) is 37.7 Å². The minimum atomic E-state index is -0.363. The van der Waals surface area contributed by atoms with Gasteiger partial charge in [-0.25, -0.2) is 0 Å². The van der Waals surface area contributed by atoms with Gasteiger partial charge in [0.1, 0.15) is 0 Å². The molecule has 1 saturated carbocycles. The third-order valence-electron chi connectivity index (χ3n) is 4.34. The summed E-state index contributed by atoms with van der Waals surface area (Å²) < 4.78 is 0.947. The van der Waals surface area contributed by atoms with Crippen molar-refractivity contribution in [3.63, 3.8) is 0 Å². The fourth-order valence-corrected chi connectivity index (χ4v) is 3.67. The van der Waals surface area contributed by atoms with Crippen molar-refractivity contribution >= 4 is 27.7 Å². The largest absolute Gasteiger partial charge is 0.278 e. The topological polar surface area (TPSA) is 37.4 Å². The molecular formula is C15H16BrNO2. The standard InChI is InChI=1S/C15H16BrNO2/c16-12-6-2-1-5-11(12)10-17-13(18)9-15(14(17)19)7-3-4-8-15/h1-2,5-6H,3-4,7-10H2. The second-order valence-corrected chi connectivity index (χ2v) is 6.39. The number of halogens is 1. The smallest absolute Gasteiger partial charge is 0.236 e. The van der Waals surface area contributed by atoms with Gasteiger partial charge < -0.3 is 0 Å². The first-order chi connectivity index (χ1) is 9.12. The van der Waals surface area contributed by atoms with Crippen LogP contribution in [0.25, 0.3) is 0 Å². The summed E-state index contributed by atoms with van der Waals surface area (Å²) in [6.07, 6.45) is 4.31. The predicted molar refractivity (Wildman–Crippen MR) is 75.2 cm³/mol. The van der Waals surface area contributed by atoms with Gasteiger partial charge in [-0.1, -0.05) is 47.0 Å². The highest BCUT2D eigenvalue weighted by Crippen LogP contribution is 2.47. The van der Waals surface area contributed by atoms with Crippen molar-refractivity contribution in [2.24, 2.45) is 5.41 Å². The summed E-state index contributed by atoms with van der Waals surface area (Å²) in [6, 6.07) is 7.74. The lowest BCUT2D eigenvalue weighted by molar-refractivity contribution is -0.142. The van der Waals surface area contributed by atoms with E-state index in [1.54, 1.807) is 0 Å². The van der Waals surface area contributed by atoms with E-state index in [0.717, 1.165) is 35.7 Å². The van der Waals surface area contributed by atoms with Crippen LogP contribution in [0.3, 0.4) is 0 Å². The highest BCUT2D eigenvalue weighted by molar-refractivity contribution is 9.10. The second-order valence-electron chi connectivity index (χ2n) is 5.54. The fourth-order valence-electron chi connectivity index (χ4n) is 3.26. The van der Waals surface area contributed by atoms with Crippen LogP contribution in [-0.4, -0.2) is 16.7 Å². The summed E-state index contributed by atoms with van der Waals surface area (Å²) in [6.45, 7) is 0.390. The van der Waals surface area contributed by atoms with E-state index in [1.807, 2.05) is 24.3 Å². The lowest BCUT2D eigenvalue weighted by Gasteiger charge is -2.21. The van der Waals surface area contributed by atoms with Gasteiger partial charge in [-0.05, 0) is 24.5 Å². The normalized spacial score (nSPS) is 21.6. The maximum absolute atomic E-state index is 12.5. The summed E-state index contributed by atoms with van der Waals surface area (Å²) in [4.78, 5) is 26.1. The molecule has 1 spiro atoms. The summed E-state index contributed by atoms with van der Waals surface area (Å²) in [5, 5.41) is 0. The fraction of sp³-hybridized carbons (Fsp3) is 0.467. The molecule has 0 atom stereocenters. The van der Waals surface area contributed by atoms with Crippen LogP contribution in [0.5, 0.6) is 0 Å². The Labute approximate surface area is 121 Å². The Bertz CT molecular complexity index is 535. The summed E-state index contributed by atoms with van der Waals surface area (Å²) in [7, 11) is 0. The van der Waals surface area contributed by atoms with Gasteiger partial charge in [-0.3, -0.25) is 14.5 Å². The molecule has 0 unspecified atom stereocenters. The zero-order valence-electron chi connectivity index (χ0n) is 10.7. The second kappa shape index (κ2) is 4.75. The van der Waals surface area contributed by atoms with Crippen molar-refractivity contribution in [1.29, 1.82) is 0 Å². The quantitative estimate of drug-likeness (QED) is 0.784. The van der Waals surface area contributed by atoms with Crippen molar-refractivity contribution in [2.45, 2.75) is 38.6 Å². The van der Waals surface area contributed by atoms with E-state index in [0.29, 0.717) is 13.0 Å². The van der Waals surface area contributed by atoms with Crippen LogP contribution in [0.4, 0.5) is 0 Å². The molecule has 2 aliphatic rings. The van der Waals surface area contributed by atoms with Gasteiger partial charge in [-0.2, -0.15) is 0 Å². The molecule has 0 bridgehead atoms. The molecule has 2 fully saturated rings. The molecule has 1 aromatic rings. The van der Waals surface area contributed by atoms with E-state index in [4.69, 9.17) is 0 Å². The Balaban J connectivity index is 1.84. The highest BCUT2D eigenvalue weighted by atomic mass is 79.9. The zero-order chi connectivity index (χ0) is 13.5. The maximum Gasteiger partial charge on any atom is 0.236 e. The van der Waals surface area contributed by atoms with E-state index >= 15 is 0 Å². The number of benzene rings is 1. The number of imide groups is 1. The average molecular weight is 322 g/mol. The van der Waals surface area contributed by atoms with Gasteiger partial charge in [-0.15, -0.1) is 0 Å². The van der Waals surface area contributed by atoms with Crippen LogP contribution < -0.4 is 0 Å². The van der Waals surface area contributed by atoms with Crippen LogP contribution in [0.2, 0.25) is 0 Å². The molecule has 1 aliphatic heterocycles. The lowest BCUT2D eigenvalue weighted by atomic mass is 9.84. The summed E-state index contributed by atoms with van der Waals surface area (Å²) in [5.41, 5.74) is 0.623. The van der Waals surface area contributed by atoms with Gasteiger partial charge >= 0.3 is 0 Å². The van der Waals surface area contributed by atoms with E-state index in [9.17, 15) is 9.59 Å². The Hall–Kier alpha value is -1.16. The molecule has 0 radical (unpaired) electrons. The Morgan fingerprint density at radius 2 is 1.84 bits per heavy atom. The molecule has 4 heteroatoms. The SMILES string of the molecule is O=C1CC2(CCCC2)C(=O)N1Cc1ccccc1Br. The molecule has 3 nitrogen and oxygen atoms in total. The van der Waals surface area contributed by atoms with Crippen molar-refractivity contribution in [2.75, 3.05) is 0 Å². The van der Waals surface area contributed by atoms with Crippen LogP contribution in [0, 0.1) is 5.41 Å². The third kappa shape index (κ3) is 2.12. The summed E-state index contributed by atoms with van der Waals surface area (Å²) in [5.74, 6) is 0.0356. The molecule has 1 saturated heterocycles. The molecule has 1 heterocycles. The van der Waals surface area contributed by atoms with E-state index in [2.05, 4.69) is 15.9 Å². The number of hydrogen-bond donors (Lipinski definition) is 0. The average Bonchev–Trinajstić information content (AvgIpc) is 2.94. The Morgan fingerprint density at radius 1 is 1.16 bits per heavy atom. The Morgan fingerprint density at radius 3 is 2.53 bits per heavy atom. The molecule has 0 aromatic heterocycles. The first-order valence-electron chi connectivity index (χ1n) is 6.71. The first kappa shape index (κ1) is 12.9. The third-order valence-corrected chi connectivity index (χ3v) is 5.11. The zero-order valence-corrected chi connectivity index (χ0v) is 12.3. The number of carbonyl (C=O) groups excluding carboxylic acids is 2. The molecule has 3 rings (SSSR count). The van der Waals surface area contributed by atoms with Crippen molar-refractivity contribution in [3.8, 4) is 0 Å². The number of rotatable bonds is 2. The monoisotopic (exact) mass is 321 g/mol. The lowest BCUT2D eigenvalue weighted by Crippen LogP contribution is -2.34. The van der Waals surface area contributed by atoms with Gasteiger partial charge in [0, 0.05) is 10.9 Å². The summed E-state index contributed by atoms with van der Waals surface area (Å²) >= 11 is 3.47. The van der Waals surface area contributed by atoms with Crippen LogP contribution in [-0.2, 0) is 16.1 Å². The van der Waals surface area contributed by atoms with Crippen LogP contribution in [0.15, 0.2) is 28.7 Å². The predicted octanol–water partition coefficient (Wildman–Crippen LogP) is 3.27. The van der Waals surface area contributed by atoms with Gasteiger partial charge in [0.05, 0.1) is 12.0 Å². The van der Waals surface area contributed by atoms with Crippen molar-refractivity contribution in [3.05, 3.63) is 34.3 Å². The van der Waals surface area contributed by atoms with Crippen LogP contribution >= 0.6 is 15.9 Å². The van der Waals surface area contributed by atoms with E-state index in [1.165, 1.54) is 4.90 Å². The van der Waals surface area contributed by atoms with Gasteiger partial charge in [0.25, 0.3) is 0 Å². The Kier molecular flexibility index (Phi) is 3.21. The molecule has 1 aromatic carbocycles. The van der Waals surface area contributed by atoms with Gasteiger partial charge in [0.2, 0.25) is 11.8 Å².